The highest BCUT2D eigenvalue weighted by Crippen LogP contribution is 2.37. The molecule has 1 amide bonds. The molecule has 2 aromatic heterocycles. The number of nitrogens with one attached hydrogen (secondary N) is 1. The van der Waals surface area contributed by atoms with E-state index < -0.39 is 23.0 Å². The lowest BCUT2D eigenvalue weighted by Gasteiger charge is -2.18. The molecule has 3 rings (SSSR count). The summed E-state index contributed by atoms with van der Waals surface area (Å²) < 4.78 is 15.7. The lowest BCUT2D eigenvalue weighted by atomic mass is 9.91. The molecule has 1 atom stereocenters. The third kappa shape index (κ3) is 4.59. The van der Waals surface area contributed by atoms with Crippen LogP contribution in [0.4, 0.5) is 0 Å². The molecule has 3 aromatic rings. The van der Waals surface area contributed by atoms with Gasteiger partial charge in [-0.2, -0.15) is 4.98 Å². The van der Waals surface area contributed by atoms with Crippen LogP contribution in [0, 0.1) is 13.8 Å². The number of benzene rings is 1. The molecule has 0 bridgehead atoms. The number of carbonyl (C=O) groups excluding carboxylic acids is 1. The number of nitrogens with zero attached hydrogens (tertiary/aromatic N) is 2. The van der Waals surface area contributed by atoms with Crippen LogP contribution < -0.4 is 15.5 Å². The Balaban J connectivity index is 1.93. The number of methoxy groups -OCH3 is 1. The average Bonchev–Trinajstić information content (AvgIpc) is 3.13. The first-order valence-corrected chi connectivity index (χ1v) is 9.05. The normalized spacial score (nSPS) is 11.8. The van der Waals surface area contributed by atoms with Gasteiger partial charge in [0.1, 0.15) is 5.76 Å². The van der Waals surface area contributed by atoms with Crippen molar-refractivity contribution in [2.24, 2.45) is 0 Å². The van der Waals surface area contributed by atoms with Crippen LogP contribution in [-0.4, -0.2) is 33.4 Å². The third-order valence-corrected chi connectivity index (χ3v) is 4.39. The van der Waals surface area contributed by atoms with E-state index in [4.69, 9.17) is 13.7 Å². The highest BCUT2D eigenvalue weighted by Gasteiger charge is 2.27. The molecule has 30 heavy (non-hydrogen) atoms. The number of hydrogen-bond acceptors (Lipinski definition) is 9. The van der Waals surface area contributed by atoms with Crippen molar-refractivity contribution in [3.63, 3.8) is 0 Å². The molecule has 10 nitrogen and oxygen atoms in total. The lowest BCUT2D eigenvalue weighted by Crippen LogP contribution is -2.25. The number of phenolic OH excluding ortho intramolecular Hbond substituents is 1. The molecular weight excluding hydrogens is 394 g/mol. The number of amides is 1. The third-order valence-electron chi connectivity index (χ3n) is 4.39. The molecule has 0 aliphatic carbocycles. The smallest absolute Gasteiger partial charge is 0.246 e. The fraction of sp³-hybridized carbons (Fsp3) is 0.300. The van der Waals surface area contributed by atoms with Gasteiger partial charge in [0.05, 0.1) is 19.6 Å². The average molecular weight is 415 g/mol. The number of rotatable bonds is 7. The maximum absolute atomic E-state index is 12.6. The number of phenols is 1. The van der Waals surface area contributed by atoms with Crippen LogP contribution in [0.3, 0.4) is 0 Å². The Kier molecular flexibility index (Phi) is 6.05. The van der Waals surface area contributed by atoms with Crippen molar-refractivity contribution in [1.29, 1.82) is 0 Å². The minimum Gasteiger partial charge on any atom is -0.504 e. The van der Waals surface area contributed by atoms with Crippen molar-refractivity contribution < 1.29 is 28.7 Å². The maximum Gasteiger partial charge on any atom is 0.246 e. The summed E-state index contributed by atoms with van der Waals surface area (Å²) in [5, 5.41) is 26.5. The predicted octanol–water partition coefficient (Wildman–Crippen LogP) is 1.90. The van der Waals surface area contributed by atoms with E-state index in [0.717, 1.165) is 6.07 Å². The number of aromatic nitrogens is 2. The van der Waals surface area contributed by atoms with Crippen LogP contribution in [0.1, 0.15) is 41.1 Å². The zero-order valence-electron chi connectivity index (χ0n) is 16.6. The van der Waals surface area contributed by atoms with Crippen LogP contribution in [0.5, 0.6) is 17.2 Å². The van der Waals surface area contributed by atoms with Gasteiger partial charge in [-0.3, -0.25) is 9.59 Å². The van der Waals surface area contributed by atoms with Gasteiger partial charge in [0.15, 0.2) is 23.1 Å². The van der Waals surface area contributed by atoms with Crippen molar-refractivity contribution in [2.75, 3.05) is 7.11 Å². The van der Waals surface area contributed by atoms with E-state index in [1.165, 1.54) is 19.2 Å². The van der Waals surface area contributed by atoms with Crippen molar-refractivity contribution in [1.82, 2.24) is 15.5 Å². The van der Waals surface area contributed by atoms with E-state index in [2.05, 4.69) is 15.5 Å². The molecule has 158 valence electrons. The van der Waals surface area contributed by atoms with Crippen LogP contribution >= 0.6 is 0 Å². The van der Waals surface area contributed by atoms with Gasteiger partial charge in [0, 0.05) is 12.5 Å². The maximum atomic E-state index is 12.6. The van der Waals surface area contributed by atoms with Gasteiger partial charge in [-0.15, -0.1) is 0 Å². The summed E-state index contributed by atoms with van der Waals surface area (Å²) in [6.07, 6.45) is -0.166. The second-order valence-electron chi connectivity index (χ2n) is 6.63. The van der Waals surface area contributed by atoms with Crippen molar-refractivity contribution in [3.05, 3.63) is 63.3 Å². The number of aryl methyl sites for hydroxylation is 2. The molecule has 0 aliphatic heterocycles. The highest BCUT2D eigenvalue weighted by molar-refractivity contribution is 5.77. The molecule has 1 aromatic carbocycles. The predicted molar refractivity (Wildman–Crippen MR) is 103 cm³/mol. The summed E-state index contributed by atoms with van der Waals surface area (Å²) in [6.45, 7) is 3.25. The van der Waals surface area contributed by atoms with Crippen molar-refractivity contribution in [3.8, 4) is 17.2 Å². The SMILES string of the molecule is COc1cc(C(CC(=O)NCc2nc(C)no2)c2oc(C)cc(=O)c2O)ccc1O. The topological polar surface area (TPSA) is 148 Å². The van der Waals surface area contributed by atoms with E-state index in [1.807, 2.05) is 0 Å². The van der Waals surface area contributed by atoms with E-state index >= 15 is 0 Å². The first kappa shape index (κ1) is 20.9. The second-order valence-corrected chi connectivity index (χ2v) is 6.63. The van der Waals surface area contributed by atoms with E-state index in [-0.39, 0.29) is 41.9 Å². The monoisotopic (exact) mass is 415 g/mol. The number of ether oxygens (including phenoxy) is 1. The Hall–Kier alpha value is -3.82. The fourth-order valence-electron chi connectivity index (χ4n) is 2.98. The minimum atomic E-state index is -0.823. The summed E-state index contributed by atoms with van der Waals surface area (Å²) >= 11 is 0. The standard InChI is InChI=1S/C20H21N3O7/c1-10-6-15(25)19(27)20(29-10)13(12-4-5-14(24)16(7-12)28-3)8-17(26)21-9-18-22-11(2)23-30-18/h4-7,13,24,27H,8-9H2,1-3H3,(H,21,26). The van der Waals surface area contributed by atoms with Gasteiger partial charge < -0.3 is 29.2 Å². The lowest BCUT2D eigenvalue weighted by molar-refractivity contribution is -0.121. The van der Waals surface area contributed by atoms with Gasteiger partial charge in [-0.25, -0.2) is 0 Å². The molecular formula is C20H21N3O7. The highest BCUT2D eigenvalue weighted by atomic mass is 16.5. The quantitative estimate of drug-likeness (QED) is 0.526. The Morgan fingerprint density at radius 1 is 1.27 bits per heavy atom. The largest absolute Gasteiger partial charge is 0.504 e. The van der Waals surface area contributed by atoms with Crippen molar-refractivity contribution >= 4 is 5.91 Å². The zero-order valence-corrected chi connectivity index (χ0v) is 16.6. The van der Waals surface area contributed by atoms with Crippen LogP contribution in [0.2, 0.25) is 0 Å². The van der Waals surface area contributed by atoms with E-state index in [9.17, 15) is 19.8 Å². The zero-order chi connectivity index (χ0) is 21.8. The van der Waals surface area contributed by atoms with E-state index in [0.29, 0.717) is 11.4 Å². The fourth-order valence-corrected chi connectivity index (χ4v) is 2.98. The molecule has 0 aliphatic rings. The minimum absolute atomic E-state index is 0.0229. The Labute approximate surface area is 171 Å². The molecule has 3 N–H and O–H groups in total. The van der Waals surface area contributed by atoms with Crippen LogP contribution in [0.15, 0.2) is 38.0 Å². The second kappa shape index (κ2) is 8.68. The molecule has 0 radical (unpaired) electrons. The van der Waals surface area contributed by atoms with Crippen molar-refractivity contribution in [2.45, 2.75) is 32.7 Å². The number of aromatic hydroxyl groups is 2. The first-order chi connectivity index (χ1) is 14.3. The first-order valence-electron chi connectivity index (χ1n) is 9.05. The molecule has 0 spiro atoms. The molecule has 0 saturated carbocycles. The van der Waals surface area contributed by atoms with Gasteiger partial charge in [0.2, 0.25) is 23.0 Å². The molecule has 10 heteroatoms. The van der Waals surface area contributed by atoms with Crippen LogP contribution in [0.25, 0.3) is 0 Å². The van der Waals surface area contributed by atoms with Gasteiger partial charge >= 0.3 is 0 Å². The van der Waals surface area contributed by atoms with Gasteiger partial charge in [0.25, 0.3) is 0 Å². The van der Waals surface area contributed by atoms with Gasteiger partial charge in [-0.1, -0.05) is 11.2 Å². The summed E-state index contributed by atoms with van der Waals surface area (Å²) in [7, 11) is 1.39. The summed E-state index contributed by atoms with van der Waals surface area (Å²) in [4.78, 5) is 28.7. The summed E-state index contributed by atoms with van der Waals surface area (Å²) in [6, 6.07) is 5.62. The Bertz CT molecular complexity index is 1120. The Morgan fingerprint density at radius 3 is 2.70 bits per heavy atom. The summed E-state index contributed by atoms with van der Waals surface area (Å²) in [5.41, 5.74) is -0.122. The van der Waals surface area contributed by atoms with E-state index in [1.54, 1.807) is 19.9 Å². The summed E-state index contributed by atoms with van der Waals surface area (Å²) in [5.74, 6) is -0.823. The molecule has 0 saturated heterocycles. The molecule has 1 unspecified atom stereocenters. The molecule has 0 fully saturated rings. The number of hydrogen-bond donors (Lipinski definition) is 3. The number of carbonyl (C=O) groups is 1. The Morgan fingerprint density at radius 2 is 2.03 bits per heavy atom. The molecule has 2 heterocycles. The van der Waals surface area contributed by atoms with Gasteiger partial charge in [-0.05, 0) is 31.5 Å². The van der Waals surface area contributed by atoms with Crippen LogP contribution in [-0.2, 0) is 11.3 Å².